The molecule has 0 atom stereocenters. The zero-order chi connectivity index (χ0) is 13.0. The maximum Gasteiger partial charge on any atom is 0.123 e. The topological polar surface area (TPSA) is 53.1 Å². The van der Waals surface area contributed by atoms with Crippen LogP contribution in [-0.2, 0) is 6.54 Å². The predicted octanol–water partition coefficient (Wildman–Crippen LogP) is 2.61. The van der Waals surface area contributed by atoms with Crippen molar-refractivity contribution in [1.82, 2.24) is 0 Å². The van der Waals surface area contributed by atoms with Crippen LogP contribution in [0.15, 0.2) is 54.6 Å². The van der Waals surface area contributed by atoms with Crippen LogP contribution in [0.1, 0.15) is 11.1 Å². The molecular formula is C15H17N3. The number of nitrogens with two attached hydrogens (primary N) is 1. The average molecular weight is 239 g/mol. The monoisotopic (exact) mass is 239 g/mol. The molecular weight excluding hydrogens is 222 g/mol. The second-order valence-electron chi connectivity index (χ2n) is 4.26. The lowest BCUT2D eigenvalue weighted by Gasteiger charge is -2.20. The number of hydrogen-bond donors (Lipinski definition) is 2. The number of anilines is 1. The highest BCUT2D eigenvalue weighted by molar-refractivity contribution is 5.96. The fraction of sp³-hybridized carbons (Fsp3) is 0.133. The van der Waals surface area contributed by atoms with Crippen molar-refractivity contribution in [3.8, 4) is 0 Å². The maximum atomic E-state index is 7.58. The minimum atomic E-state index is 0.118. The van der Waals surface area contributed by atoms with Gasteiger partial charge in [0.15, 0.2) is 0 Å². The molecule has 0 aliphatic carbocycles. The molecule has 92 valence electrons. The Bertz CT molecular complexity index is 534. The Morgan fingerprint density at radius 2 is 1.67 bits per heavy atom. The molecule has 0 saturated heterocycles. The third-order valence-electron chi connectivity index (χ3n) is 2.91. The number of nitrogen functional groups attached to an aromatic ring is 1. The number of nitrogens with zero attached hydrogens (tertiary/aromatic N) is 1. The summed E-state index contributed by atoms with van der Waals surface area (Å²) in [4.78, 5) is 2.14. The summed E-state index contributed by atoms with van der Waals surface area (Å²) in [6.07, 6.45) is 0. The summed E-state index contributed by atoms with van der Waals surface area (Å²) in [5, 5.41) is 7.58. The highest BCUT2D eigenvalue weighted by atomic mass is 15.1. The van der Waals surface area contributed by atoms with Crippen molar-refractivity contribution in [3.05, 3.63) is 65.7 Å². The second kappa shape index (κ2) is 5.36. The van der Waals surface area contributed by atoms with Crippen LogP contribution in [0.3, 0.4) is 0 Å². The third kappa shape index (κ3) is 2.69. The van der Waals surface area contributed by atoms with E-state index in [2.05, 4.69) is 17.0 Å². The van der Waals surface area contributed by atoms with Crippen molar-refractivity contribution < 1.29 is 0 Å². The standard InChI is InChI=1S/C15H17N3/c1-18(13-8-3-2-4-9-13)11-12-7-5-6-10-14(12)15(16)17/h2-10H,11H2,1H3,(H3,16,17). The van der Waals surface area contributed by atoms with E-state index in [0.717, 1.165) is 23.4 Å². The SMILES string of the molecule is CN(Cc1ccccc1C(=N)N)c1ccccc1. The van der Waals surface area contributed by atoms with Crippen LogP contribution >= 0.6 is 0 Å². The van der Waals surface area contributed by atoms with E-state index in [1.54, 1.807) is 0 Å². The first kappa shape index (κ1) is 12.2. The molecule has 0 aromatic heterocycles. The Labute approximate surface area is 107 Å². The third-order valence-corrected chi connectivity index (χ3v) is 2.91. The molecule has 2 aromatic carbocycles. The highest BCUT2D eigenvalue weighted by Gasteiger charge is 2.07. The molecule has 0 amide bonds. The highest BCUT2D eigenvalue weighted by Crippen LogP contribution is 2.16. The van der Waals surface area contributed by atoms with Gasteiger partial charge >= 0.3 is 0 Å². The number of rotatable bonds is 4. The van der Waals surface area contributed by atoms with Gasteiger partial charge < -0.3 is 10.6 Å². The van der Waals surface area contributed by atoms with Crippen molar-refractivity contribution in [2.45, 2.75) is 6.54 Å². The molecule has 3 N–H and O–H groups in total. The molecule has 0 spiro atoms. The van der Waals surface area contributed by atoms with E-state index in [1.165, 1.54) is 0 Å². The number of benzene rings is 2. The molecule has 0 heterocycles. The van der Waals surface area contributed by atoms with Gasteiger partial charge in [-0.1, -0.05) is 42.5 Å². The lowest BCUT2D eigenvalue weighted by molar-refractivity contribution is 0.920. The van der Waals surface area contributed by atoms with Gasteiger partial charge in [-0.05, 0) is 17.7 Å². The zero-order valence-corrected chi connectivity index (χ0v) is 10.4. The first-order valence-corrected chi connectivity index (χ1v) is 5.87. The van der Waals surface area contributed by atoms with Crippen LogP contribution < -0.4 is 10.6 Å². The maximum absolute atomic E-state index is 7.58. The Balaban J connectivity index is 2.22. The van der Waals surface area contributed by atoms with Gasteiger partial charge in [-0.2, -0.15) is 0 Å². The van der Waals surface area contributed by atoms with Gasteiger partial charge in [0, 0.05) is 24.8 Å². The summed E-state index contributed by atoms with van der Waals surface area (Å²) in [6.45, 7) is 0.736. The first-order chi connectivity index (χ1) is 8.68. The molecule has 0 saturated carbocycles. The van der Waals surface area contributed by atoms with Crippen LogP contribution in [0.5, 0.6) is 0 Å². The molecule has 18 heavy (non-hydrogen) atoms. The molecule has 0 radical (unpaired) electrons. The molecule has 0 fully saturated rings. The van der Waals surface area contributed by atoms with Crippen molar-refractivity contribution in [2.24, 2.45) is 5.73 Å². The normalized spacial score (nSPS) is 10.1. The molecule has 0 aliphatic rings. The molecule has 0 aliphatic heterocycles. The zero-order valence-electron chi connectivity index (χ0n) is 10.4. The van der Waals surface area contributed by atoms with E-state index < -0.39 is 0 Å². The van der Waals surface area contributed by atoms with Gasteiger partial charge in [-0.15, -0.1) is 0 Å². The van der Waals surface area contributed by atoms with Crippen molar-refractivity contribution >= 4 is 11.5 Å². The quantitative estimate of drug-likeness (QED) is 0.636. The van der Waals surface area contributed by atoms with E-state index in [4.69, 9.17) is 11.1 Å². The summed E-state index contributed by atoms with van der Waals surface area (Å²) >= 11 is 0. The van der Waals surface area contributed by atoms with E-state index in [-0.39, 0.29) is 5.84 Å². The lowest BCUT2D eigenvalue weighted by atomic mass is 10.1. The van der Waals surface area contributed by atoms with Crippen LogP contribution in [-0.4, -0.2) is 12.9 Å². The number of hydrogen-bond acceptors (Lipinski definition) is 2. The molecule has 2 aromatic rings. The molecule has 2 rings (SSSR count). The summed E-state index contributed by atoms with van der Waals surface area (Å²) in [5.41, 5.74) is 8.61. The Morgan fingerprint density at radius 1 is 1.06 bits per heavy atom. The van der Waals surface area contributed by atoms with Crippen molar-refractivity contribution in [1.29, 1.82) is 5.41 Å². The Kier molecular flexibility index (Phi) is 3.63. The molecule has 0 bridgehead atoms. The summed E-state index contributed by atoms with van der Waals surface area (Å²) < 4.78 is 0. The van der Waals surface area contributed by atoms with Crippen molar-refractivity contribution in [3.63, 3.8) is 0 Å². The molecule has 3 heteroatoms. The van der Waals surface area contributed by atoms with Gasteiger partial charge in [0.1, 0.15) is 5.84 Å². The van der Waals surface area contributed by atoms with Gasteiger partial charge in [0.2, 0.25) is 0 Å². The number of para-hydroxylation sites is 1. The van der Waals surface area contributed by atoms with Gasteiger partial charge in [-0.25, -0.2) is 0 Å². The average Bonchev–Trinajstić information content (AvgIpc) is 2.40. The molecule has 0 unspecified atom stereocenters. The lowest BCUT2D eigenvalue weighted by Crippen LogP contribution is -2.20. The fourth-order valence-electron chi connectivity index (χ4n) is 1.95. The van der Waals surface area contributed by atoms with Crippen LogP contribution in [0.2, 0.25) is 0 Å². The Morgan fingerprint density at radius 3 is 2.33 bits per heavy atom. The number of amidine groups is 1. The molecule has 3 nitrogen and oxygen atoms in total. The number of nitrogens with one attached hydrogen (secondary N) is 1. The smallest absolute Gasteiger partial charge is 0.123 e. The minimum Gasteiger partial charge on any atom is -0.384 e. The Hall–Kier alpha value is -2.29. The van der Waals surface area contributed by atoms with Gasteiger partial charge in [0.25, 0.3) is 0 Å². The van der Waals surface area contributed by atoms with Crippen LogP contribution in [0.25, 0.3) is 0 Å². The van der Waals surface area contributed by atoms with Gasteiger partial charge in [-0.3, -0.25) is 5.41 Å². The fourth-order valence-corrected chi connectivity index (χ4v) is 1.95. The first-order valence-electron chi connectivity index (χ1n) is 5.87. The van der Waals surface area contributed by atoms with E-state index in [0.29, 0.717) is 0 Å². The second-order valence-corrected chi connectivity index (χ2v) is 4.26. The van der Waals surface area contributed by atoms with Crippen molar-refractivity contribution in [2.75, 3.05) is 11.9 Å². The largest absolute Gasteiger partial charge is 0.384 e. The van der Waals surface area contributed by atoms with E-state index >= 15 is 0 Å². The summed E-state index contributed by atoms with van der Waals surface area (Å²) in [6, 6.07) is 17.9. The van der Waals surface area contributed by atoms with Crippen LogP contribution in [0, 0.1) is 5.41 Å². The minimum absolute atomic E-state index is 0.118. The van der Waals surface area contributed by atoms with Crippen LogP contribution in [0.4, 0.5) is 5.69 Å². The predicted molar refractivity (Wildman–Crippen MR) is 76.0 cm³/mol. The summed E-state index contributed by atoms with van der Waals surface area (Å²) in [5.74, 6) is 0.118. The van der Waals surface area contributed by atoms with E-state index in [1.807, 2.05) is 49.5 Å². The van der Waals surface area contributed by atoms with Gasteiger partial charge in [0.05, 0.1) is 0 Å². The summed E-state index contributed by atoms with van der Waals surface area (Å²) in [7, 11) is 2.03. The van der Waals surface area contributed by atoms with E-state index in [9.17, 15) is 0 Å².